The van der Waals surface area contributed by atoms with Crippen molar-refractivity contribution in [2.75, 3.05) is 25.5 Å². The molecule has 1 N–H and O–H groups in total. The Balaban J connectivity index is 1.68. The Kier molecular flexibility index (Phi) is 3.32. The van der Waals surface area contributed by atoms with Crippen molar-refractivity contribution in [3.63, 3.8) is 0 Å². The van der Waals surface area contributed by atoms with Gasteiger partial charge in [-0.1, -0.05) is 0 Å². The Labute approximate surface area is 110 Å². The highest BCUT2D eigenvalue weighted by atomic mass is 32.1. The molecule has 0 spiro atoms. The topological polar surface area (TPSA) is 54.5 Å². The van der Waals surface area contributed by atoms with E-state index in [2.05, 4.69) is 22.2 Å². The molecule has 6 heteroatoms. The minimum atomic E-state index is -0.284. The zero-order valence-electron chi connectivity index (χ0n) is 10.4. The molecule has 1 atom stereocenters. The Bertz CT molecular complexity index is 454. The van der Waals surface area contributed by atoms with Gasteiger partial charge in [-0.3, -0.25) is 10.1 Å². The number of hydrogen-bond donors (Lipinski definition) is 1. The summed E-state index contributed by atoms with van der Waals surface area (Å²) in [6.45, 7) is 2.66. The molecule has 0 aromatic carbocycles. The summed E-state index contributed by atoms with van der Waals surface area (Å²) in [7, 11) is 2.10. The van der Waals surface area contributed by atoms with Gasteiger partial charge in [0.2, 0.25) is 0 Å². The van der Waals surface area contributed by atoms with E-state index in [9.17, 15) is 4.79 Å². The second kappa shape index (κ2) is 4.95. The Morgan fingerprint density at radius 2 is 2.50 bits per heavy atom. The maximum Gasteiger partial charge on any atom is 0.255 e. The molecular weight excluding hydrogens is 250 g/mol. The number of anilines is 1. The molecule has 1 saturated heterocycles. The standard InChI is InChI=1S/C12H17N3O2S/c1-15-5-4-8-10(7-15)18-12(13-8)14-11(16)9-3-2-6-17-9/h9H,2-7H2,1H3,(H,13,14,16)/t9-/m1/s1. The zero-order chi connectivity index (χ0) is 12.5. The van der Waals surface area contributed by atoms with Gasteiger partial charge in [-0.2, -0.15) is 0 Å². The number of carbonyl (C=O) groups excluding carboxylic acids is 1. The number of likely N-dealkylation sites (N-methyl/N-ethyl adjacent to an activating group) is 1. The molecule has 5 nitrogen and oxygen atoms in total. The summed E-state index contributed by atoms with van der Waals surface area (Å²) in [4.78, 5) is 20.0. The van der Waals surface area contributed by atoms with E-state index in [4.69, 9.17) is 4.74 Å². The number of thiazole rings is 1. The monoisotopic (exact) mass is 267 g/mol. The van der Waals surface area contributed by atoms with Crippen LogP contribution in [-0.4, -0.2) is 42.1 Å². The molecular formula is C12H17N3O2S. The second-order valence-corrected chi connectivity index (χ2v) is 5.95. The van der Waals surface area contributed by atoms with Crippen molar-refractivity contribution in [1.29, 1.82) is 0 Å². The van der Waals surface area contributed by atoms with Gasteiger partial charge in [0.1, 0.15) is 6.10 Å². The lowest BCUT2D eigenvalue weighted by molar-refractivity contribution is -0.124. The quantitative estimate of drug-likeness (QED) is 0.876. The normalized spacial score (nSPS) is 23.9. The molecule has 2 aliphatic rings. The first-order valence-electron chi connectivity index (χ1n) is 6.32. The minimum Gasteiger partial charge on any atom is -0.368 e. The summed E-state index contributed by atoms with van der Waals surface area (Å²) < 4.78 is 5.36. The highest BCUT2D eigenvalue weighted by Crippen LogP contribution is 2.28. The van der Waals surface area contributed by atoms with Crippen molar-refractivity contribution < 1.29 is 9.53 Å². The van der Waals surface area contributed by atoms with Gasteiger partial charge >= 0.3 is 0 Å². The van der Waals surface area contributed by atoms with Crippen LogP contribution in [0.15, 0.2) is 0 Å². The average Bonchev–Trinajstić information content (AvgIpc) is 2.95. The van der Waals surface area contributed by atoms with Gasteiger partial charge in [-0.25, -0.2) is 4.98 Å². The fourth-order valence-corrected chi connectivity index (χ4v) is 3.44. The van der Waals surface area contributed by atoms with E-state index in [0.717, 1.165) is 43.2 Å². The van der Waals surface area contributed by atoms with Crippen LogP contribution in [0.1, 0.15) is 23.4 Å². The number of hydrogen-bond acceptors (Lipinski definition) is 5. The molecule has 0 aliphatic carbocycles. The number of rotatable bonds is 2. The number of fused-ring (bicyclic) bond motifs is 1. The number of ether oxygens (including phenoxy) is 1. The van der Waals surface area contributed by atoms with E-state index in [1.165, 1.54) is 4.88 Å². The lowest BCUT2D eigenvalue weighted by Crippen LogP contribution is -2.26. The number of nitrogens with zero attached hydrogens (tertiary/aromatic N) is 2. The zero-order valence-corrected chi connectivity index (χ0v) is 11.3. The van der Waals surface area contributed by atoms with Crippen LogP contribution in [0.5, 0.6) is 0 Å². The van der Waals surface area contributed by atoms with Gasteiger partial charge in [0.25, 0.3) is 5.91 Å². The Hall–Kier alpha value is -0.980. The number of carbonyl (C=O) groups is 1. The van der Waals surface area contributed by atoms with Crippen molar-refractivity contribution in [3.8, 4) is 0 Å². The van der Waals surface area contributed by atoms with Gasteiger partial charge < -0.3 is 9.64 Å². The van der Waals surface area contributed by atoms with Crippen molar-refractivity contribution >= 4 is 22.4 Å². The van der Waals surface area contributed by atoms with Gasteiger partial charge in [0.15, 0.2) is 5.13 Å². The Morgan fingerprint density at radius 3 is 3.28 bits per heavy atom. The van der Waals surface area contributed by atoms with E-state index in [1.807, 2.05) is 0 Å². The first-order chi connectivity index (χ1) is 8.72. The van der Waals surface area contributed by atoms with Crippen molar-refractivity contribution in [2.45, 2.75) is 31.9 Å². The molecule has 3 rings (SSSR count). The number of amides is 1. The van der Waals surface area contributed by atoms with E-state index in [1.54, 1.807) is 11.3 Å². The molecule has 0 unspecified atom stereocenters. The lowest BCUT2D eigenvalue weighted by atomic mass is 10.2. The predicted octanol–water partition coefficient (Wildman–Crippen LogP) is 1.25. The maximum absolute atomic E-state index is 11.9. The molecule has 1 fully saturated rings. The fourth-order valence-electron chi connectivity index (χ4n) is 2.35. The van der Waals surface area contributed by atoms with Crippen LogP contribution in [0.25, 0.3) is 0 Å². The number of aromatic nitrogens is 1. The van der Waals surface area contributed by atoms with Gasteiger partial charge in [-0.15, -0.1) is 11.3 Å². The lowest BCUT2D eigenvalue weighted by Gasteiger charge is -2.20. The predicted molar refractivity (Wildman–Crippen MR) is 69.8 cm³/mol. The first-order valence-corrected chi connectivity index (χ1v) is 7.13. The van der Waals surface area contributed by atoms with Crippen LogP contribution in [0.3, 0.4) is 0 Å². The molecule has 1 aromatic rings. The largest absolute Gasteiger partial charge is 0.368 e. The second-order valence-electron chi connectivity index (χ2n) is 4.87. The minimum absolute atomic E-state index is 0.0491. The molecule has 0 radical (unpaired) electrons. The highest BCUT2D eigenvalue weighted by Gasteiger charge is 2.25. The summed E-state index contributed by atoms with van der Waals surface area (Å²) in [5.74, 6) is -0.0491. The van der Waals surface area contributed by atoms with Crippen LogP contribution in [0.4, 0.5) is 5.13 Å². The van der Waals surface area contributed by atoms with E-state index < -0.39 is 0 Å². The SMILES string of the molecule is CN1CCc2nc(NC(=O)[C@H]3CCCO3)sc2C1. The van der Waals surface area contributed by atoms with Crippen LogP contribution in [0.2, 0.25) is 0 Å². The average molecular weight is 267 g/mol. The molecule has 3 heterocycles. The van der Waals surface area contributed by atoms with Crippen LogP contribution in [0, 0.1) is 0 Å². The van der Waals surface area contributed by atoms with Gasteiger partial charge in [-0.05, 0) is 19.9 Å². The molecule has 0 saturated carbocycles. The summed E-state index contributed by atoms with van der Waals surface area (Å²) in [5, 5.41) is 3.60. The molecule has 0 bridgehead atoms. The van der Waals surface area contributed by atoms with Crippen LogP contribution < -0.4 is 5.32 Å². The van der Waals surface area contributed by atoms with Crippen molar-refractivity contribution in [1.82, 2.24) is 9.88 Å². The van der Waals surface area contributed by atoms with Gasteiger partial charge in [0.05, 0.1) is 5.69 Å². The summed E-state index contributed by atoms with van der Waals surface area (Å²) in [5.41, 5.74) is 1.14. The summed E-state index contributed by atoms with van der Waals surface area (Å²) in [6, 6.07) is 0. The molecule has 1 amide bonds. The van der Waals surface area contributed by atoms with E-state index in [-0.39, 0.29) is 12.0 Å². The molecule has 2 aliphatic heterocycles. The summed E-state index contributed by atoms with van der Waals surface area (Å²) >= 11 is 1.59. The van der Waals surface area contributed by atoms with Gasteiger partial charge in [0, 0.05) is 31.0 Å². The third kappa shape index (κ3) is 2.41. The third-order valence-corrected chi connectivity index (χ3v) is 4.37. The number of nitrogens with one attached hydrogen (secondary N) is 1. The van der Waals surface area contributed by atoms with Crippen molar-refractivity contribution in [3.05, 3.63) is 10.6 Å². The molecule has 1 aromatic heterocycles. The maximum atomic E-state index is 11.9. The Morgan fingerprint density at radius 1 is 1.61 bits per heavy atom. The van der Waals surface area contributed by atoms with Crippen LogP contribution in [-0.2, 0) is 22.5 Å². The fraction of sp³-hybridized carbons (Fsp3) is 0.667. The molecule has 18 heavy (non-hydrogen) atoms. The third-order valence-electron chi connectivity index (χ3n) is 3.37. The molecule has 98 valence electrons. The highest BCUT2D eigenvalue weighted by molar-refractivity contribution is 7.15. The first kappa shape index (κ1) is 12.1. The van der Waals surface area contributed by atoms with Crippen LogP contribution >= 0.6 is 11.3 Å². The van der Waals surface area contributed by atoms with E-state index in [0.29, 0.717) is 6.61 Å². The smallest absolute Gasteiger partial charge is 0.255 e. The van der Waals surface area contributed by atoms with E-state index >= 15 is 0 Å². The van der Waals surface area contributed by atoms with Crippen molar-refractivity contribution in [2.24, 2.45) is 0 Å². The summed E-state index contributed by atoms with van der Waals surface area (Å²) in [6.07, 6.45) is 2.48.